The molecule has 3 heterocycles. The monoisotopic (exact) mass is 593 g/mol. The second-order valence-electron chi connectivity index (χ2n) is 9.74. The molecular formula is C27H27Cl2F2N5O4. The molecule has 1 fully saturated rings. The van der Waals surface area contributed by atoms with Crippen molar-refractivity contribution >= 4 is 23.2 Å². The van der Waals surface area contributed by atoms with Crippen LogP contribution >= 0.6 is 23.2 Å². The molecule has 0 spiro atoms. The maximum atomic E-state index is 14.7. The van der Waals surface area contributed by atoms with Gasteiger partial charge in [0.05, 0.1) is 23.0 Å². The lowest BCUT2D eigenvalue weighted by Gasteiger charge is -2.45. The number of nitrogens with zero attached hydrogens (tertiary/aromatic N) is 5. The minimum atomic E-state index is -1.32. The largest absolute Gasteiger partial charge is 0.391 e. The number of hydrogen-bond acceptors (Lipinski definition) is 7. The highest BCUT2D eigenvalue weighted by Crippen LogP contribution is 2.41. The van der Waals surface area contributed by atoms with Crippen LogP contribution in [-0.4, -0.2) is 66.3 Å². The highest BCUT2D eigenvalue weighted by atomic mass is 35.5. The van der Waals surface area contributed by atoms with Gasteiger partial charge < -0.3 is 19.7 Å². The van der Waals surface area contributed by atoms with Crippen LogP contribution in [0.5, 0.6) is 0 Å². The fourth-order valence-electron chi connectivity index (χ4n) is 5.07. The predicted molar refractivity (Wildman–Crippen MR) is 144 cm³/mol. The van der Waals surface area contributed by atoms with Gasteiger partial charge in [-0.15, -0.1) is 0 Å². The summed E-state index contributed by atoms with van der Waals surface area (Å²) in [6.07, 6.45) is -2.43. The maximum Gasteiger partial charge on any atom is 0.178 e. The number of rotatable bonds is 6. The van der Waals surface area contributed by atoms with Gasteiger partial charge in [-0.05, 0) is 50.6 Å². The van der Waals surface area contributed by atoms with Crippen LogP contribution in [0.25, 0.3) is 16.8 Å². The quantitative estimate of drug-likeness (QED) is 0.310. The second kappa shape index (κ2) is 11.2. The molecule has 40 heavy (non-hydrogen) atoms. The first-order valence-corrected chi connectivity index (χ1v) is 13.2. The molecule has 3 unspecified atom stereocenters. The summed E-state index contributed by atoms with van der Waals surface area (Å²) in [6, 6.07) is 6.98. The van der Waals surface area contributed by atoms with Gasteiger partial charge in [0, 0.05) is 29.5 Å². The molecule has 212 valence electrons. The Hall–Kier alpha value is -2.93. The number of benzene rings is 2. The van der Waals surface area contributed by atoms with E-state index < -0.39 is 48.2 Å². The molecule has 2 aromatic carbocycles. The van der Waals surface area contributed by atoms with Crippen molar-refractivity contribution in [3.63, 3.8) is 0 Å². The third-order valence-corrected chi connectivity index (χ3v) is 7.54. The van der Waals surface area contributed by atoms with Gasteiger partial charge in [0.25, 0.3) is 0 Å². The number of methoxy groups -OCH3 is 1. The molecule has 2 N–H and O–H groups in total. The first kappa shape index (κ1) is 28.6. The van der Waals surface area contributed by atoms with E-state index in [1.165, 1.54) is 36.3 Å². The Morgan fingerprint density at radius 3 is 2.58 bits per heavy atom. The second-order valence-corrected chi connectivity index (χ2v) is 10.6. The molecule has 1 aliphatic heterocycles. The van der Waals surface area contributed by atoms with Crippen molar-refractivity contribution in [2.45, 2.75) is 57.3 Å². The van der Waals surface area contributed by atoms with Gasteiger partial charge in [0.15, 0.2) is 17.5 Å². The van der Waals surface area contributed by atoms with E-state index in [9.17, 15) is 19.0 Å². The summed E-state index contributed by atoms with van der Waals surface area (Å²) < 4.78 is 43.7. The van der Waals surface area contributed by atoms with Crippen LogP contribution in [0.2, 0.25) is 10.0 Å². The van der Waals surface area contributed by atoms with E-state index in [2.05, 4.69) is 15.2 Å². The lowest BCUT2D eigenvalue weighted by molar-refractivity contribution is -0.230. The number of aromatic nitrogens is 5. The molecule has 0 bridgehead atoms. The van der Waals surface area contributed by atoms with Crippen LogP contribution in [-0.2, 0) is 9.47 Å². The lowest BCUT2D eigenvalue weighted by atomic mass is 9.89. The summed E-state index contributed by atoms with van der Waals surface area (Å²) in [6.45, 7) is 5.13. The van der Waals surface area contributed by atoms with Crippen LogP contribution in [0.3, 0.4) is 0 Å². The molecule has 0 aliphatic carbocycles. The van der Waals surface area contributed by atoms with E-state index in [4.69, 9.17) is 32.7 Å². The van der Waals surface area contributed by atoms with Crippen molar-refractivity contribution in [1.29, 1.82) is 0 Å². The van der Waals surface area contributed by atoms with Gasteiger partial charge in [-0.2, -0.15) is 10.2 Å². The third-order valence-electron chi connectivity index (χ3n) is 7.02. The topological polar surface area (TPSA) is 107 Å². The maximum absolute atomic E-state index is 14.7. The molecule has 1 saturated heterocycles. The van der Waals surface area contributed by atoms with Crippen molar-refractivity contribution in [3.8, 4) is 16.8 Å². The average molecular weight is 594 g/mol. The first-order valence-electron chi connectivity index (χ1n) is 12.4. The molecule has 13 heteroatoms. The molecule has 5 rings (SSSR count). The minimum Gasteiger partial charge on any atom is -0.391 e. The predicted octanol–water partition coefficient (Wildman–Crippen LogP) is 4.77. The number of aliphatic hydroxyl groups excluding tert-OH is 2. The molecule has 4 aromatic rings. The summed E-state index contributed by atoms with van der Waals surface area (Å²) in [4.78, 5) is 4.55. The zero-order chi connectivity index (χ0) is 28.9. The Morgan fingerprint density at radius 2 is 1.88 bits per heavy atom. The molecule has 2 aromatic heterocycles. The van der Waals surface area contributed by atoms with Gasteiger partial charge >= 0.3 is 0 Å². The van der Waals surface area contributed by atoms with Gasteiger partial charge in [0.1, 0.15) is 36.3 Å². The van der Waals surface area contributed by atoms with E-state index in [0.717, 1.165) is 5.56 Å². The molecule has 9 nitrogen and oxygen atoms in total. The third kappa shape index (κ3) is 5.02. The number of ether oxygens (including phenoxy) is 2. The zero-order valence-corrected chi connectivity index (χ0v) is 23.5. The molecule has 0 radical (unpaired) electrons. The summed E-state index contributed by atoms with van der Waals surface area (Å²) in [5.74, 6) is -1.60. The van der Waals surface area contributed by atoms with E-state index >= 15 is 0 Å². The summed E-state index contributed by atoms with van der Waals surface area (Å²) in [5.41, 5.74) is 1.69. The first-order chi connectivity index (χ1) is 19.0. The highest BCUT2D eigenvalue weighted by Gasteiger charge is 2.50. The normalized spacial score (nSPS) is 23.9. The number of aryl methyl sites for hydroxylation is 2. The standard InChI is InChI=1S/C27H27Cl2F2N5O4/c1-12-5-6-16(28)9-19(12)36-27(33-14(3)34-36)26-23(38)22(25(39-4)24(40-26)13(2)37)35-11-15(10-32-35)17-7-8-18(29)21(31)20(17)30/h5-11,13,22-26,37-38H,1-4H3/t13?,22?,23-,24?,25+,26+/m0/s1. The highest BCUT2D eigenvalue weighted by molar-refractivity contribution is 6.31. The Balaban J connectivity index is 1.60. The fraction of sp³-hybridized carbons (Fsp3) is 0.370. The zero-order valence-electron chi connectivity index (χ0n) is 22.0. The lowest BCUT2D eigenvalue weighted by Crippen LogP contribution is -2.56. The van der Waals surface area contributed by atoms with Crippen LogP contribution < -0.4 is 0 Å². The summed E-state index contributed by atoms with van der Waals surface area (Å²) >= 11 is 12.0. The van der Waals surface area contributed by atoms with Gasteiger partial charge in [-0.25, -0.2) is 18.4 Å². The molecule has 1 aliphatic rings. The summed E-state index contributed by atoms with van der Waals surface area (Å²) in [7, 11) is 1.42. The SMILES string of the molecule is CO[C@H]1C(C(C)O)O[C@@H](c2nc(C)nn2-c2cc(Cl)ccc2C)[C@@H](O)C1n1cc(-c2ccc(Cl)c(F)c2F)cn1. The molecule has 0 amide bonds. The number of hydrogen-bond donors (Lipinski definition) is 2. The fourth-order valence-corrected chi connectivity index (χ4v) is 5.38. The smallest absolute Gasteiger partial charge is 0.178 e. The van der Waals surface area contributed by atoms with E-state index in [1.54, 1.807) is 30.7 Å². The van der Waals surface area contributed by atoms with E-state index in [1.807, 2.05) is 13.0 Å². The summed E-state index contributed by atoms with van der Waals surface area (Å²) in [5, 5.41) is 31.4. The Bertz CT molecular complexity index is 1550. The van der Waals surface area contributed by atoms with Crippen molar-refractivity contribution < 1.29 is 28.5 Å². The number of halogens is 4. The minimum absolute atomic E-state index is 0.0564. The molecular weight excluding hydrogens is 567 g/mol. The van der Waals surface area contributed by atoms with Gasteiger partial charge in [0.2, 0.25) is 0 Å². The molecule has 0 saturated carbocycles. The van der Waals surface area contributed by atoms with Crippen LogP contribution in [0.4, 0.5) is 8.78 Å². The van der Waals surface area contributed by atoms with E-state index in [0.29, 0.717) is 16.5 Å². The van der Waals surface area contributed by atoms with Gasteiger partial charge in [-0.1, -0.05) is 29.3 Å². The van der Waals surface area contributed by atoms with Crippen LogP contribution in [0.1, 0.15) is 36.3 Å². The van der Waals surface area contributed by atoms with Crippen molar-refractivity contribution in [1.82, 2.24) is 24.5 Å². The van der Waals surface area contributed by atoms with Crippen LogP contribution in [0.15, 0.2) is 42.7 Å². The van der Waals surface area contributed by atoms with E-state index in [-0.39, 0.29) is 22.0 Å². The average Bonchev–Trinajstić information content (AvgIpc) is 3.55. The number of aliphatic hydroxyl groups is 2. The van der Waals surface area contributed by atoms with Crippen molar-refractivity contribution in [2.24, 2.45) is 0 Å². The Labute approximate surface area is 238 Å². The Kier molecular flexibility index (Phi) is 7.97. The van der Waals surface area contributed by atoms with Crippen molar-refractivity contribution in [2.75, 3.05) is 7.11 Å². The molecule has 6 atom stereocenters. The Morgan fingerprint density at radius 1 is 1.12 bits per heavy atom. The van der Waals surface area contributed by atoms with Crippen molar-refractivity contribution in [3.05, 3.63) is 81.6 Å². The van der Waals surface area contributed by atoms with Crippen LogP contribution in [0, 0.1) is 25.5 Å². The van der Waals surface area contributed by atoms with Gasteiger partial charge in [-0.3, -0.25) is 4.68 Å².